The van der Waals surface area contributed by atoms with Crippen LogP contribution in [0.3, 0.4) is 0 Å². The van der Waals surface area contributed by atoms with E-state index in [1.807, 2.05) is 0 Å². The van der Waals surface area contributed by atoms with Gasteiger partial charge in [0.15, 0.2) is 6.61 Å². The summed E-state index contributed by atoms with van der Waals surface area (Å²) >= 11 is 0. The zero-order chi connectivity index (χ0) is 20.1. The Kier molecular flexibility index (Phi) is 6.28. The van der Waals surface area contributed by atoms with Crippen molar-refractivity contribution in [2.24, 2.45) is 11.8 Å². The maximum atomic E-state index is 12.4. The fraction of sp³-hybridized carbons (Fsp3) is 0.500. The SMILES string of the molecule is COc1ccccc1NC(=O)COC(=O)CCN1C(=O)[C@@H]2CCCC[C@H]2C1=O. The third-order valence-corrected chi connectivity index (χ3v) is 5.22. The minimum absolute atomic E-state index is 0.00235. The Morgan fingerprint density at radius 2 is 1.75 bits per heavy atom. The Bertz CT molecular complexity index is 754. The van der Waals surface area contributed by atoms with Gasteiger partial charge in [0, 0.05) is 6.54 Å². The summed E-state index contributed by atoms with van der Waals surface area (Å²) in [7, 11) is 1.49. The van der Waals surface area contributed by atoms with Gasteiger partial charge in [0.05, 0.1) is 31.1 Å². The summed E-state index contributed by atoms with van der Waals surface area (Å²) in [5.74, 6) is -1.47. The van der Waals surface area contributed by atoms with Gasteiger partial charge in [0.25, 0.3) is 5.91 Å². The minimum atomic E-state index is -0.634. The van der Waals surface area contributed by atoms with Crippen LogP contribution in [0.1, 0.15) is 32.1 Å². The number of hydrogen-bond acceptors (Lipinski definition) is 6. The molecule has 150 valence electrons. The Morgan fingerprint density at radius 3 is 2.39 bits per heavy atom. The molecule has 1 aliphatic carbocycles. The number of fused-ring (bicyclic) bond motifs is 1. The Labute approximate surface area is 163 Å². The fourth-order valence-corrected chi connectivity index (χ4v) is 3.81. The number of ether oxygens (including phenoxy) is 2. The summed E-state index contributed by atoms with van der Waals surface area (Å²) in [6.45, 7) is -0.457. The van der Waals surface area contributed by atoms with Crippen LogP contribution in [0, 0.1) is 11.8 Å². The van der Waals surface area contributed by atoms with E-state index in [1.54, 1.807) is 24.3 Å². The molecule has 0 radical (unpaired) electrons. The zero-order valence-corrected chi connectivity index (χ0v) is 15.8. The number of carbonyl (C=O) groups is 4. The molecule has 2 atom stereocenters. The highest BCUT2D eigenvalue weighted by Crippen LogP contribution is 2.37. The van der Waals surface area contributed by atoms with Gasteiger partial charge in [-0.05, 0) is 25.0 Å². The number of carbonyl (C=O) groups excluding carboxylic acids is 4. The summed E-state index contributed by atoms with van der Waals surface area (Å²) < 4.78 is 10.1. The van der Waals surface area contributed by atoms with Crippen molar-refractivity contribution >= 4 is 29.4 Å². The van der Waals surface area contributed by atoms with Gasteiger partial charge in [-0.3, -0.25) is 24.1 Å². The summed E-state index contributed by atoms with van der Waals surface area (Å²) in [6.07, 6.45) is 3.26. The van der Waals surface area contributed by atoms with Crippen LogP contribution in [0.15, 0.2) is 24.3 Å². The number of amides is 3. The fourth-order valence-electron chi connectivity index (χ4n) is 3.81. The van der Waals surface area contributed by atoms with E-state index in [1.165, 1.54) is 12.0 Å². The van der Waals surface area contributed by atoms with Gasteiger partial charge < -0.3 is 14.8 Å². The number of para-hydroxylation sites is 2. The number of imide groups is 1. The Hall–Kier alpha value is -2.90. The molecule has 0 bridgehead atoms. The van der Waals surface area contributed by atoms with E-state index < -0.39 is 18.5 Å². The van der Waals surface area contributed by atoms with Crippen LogP contribution in [0.4, 0.5) is 5.69 Å². The number of esters is 1. The molecule has 1 saturated heterocycles. The van der Waals surface area contributed by atoms with E-state index in [4.69, 9.17) is 9.47 Å². The van der Waals surface area contributed by atoms with Gasteiger partial charge in [-0.2, -0.15) is 0 Å². The molecule has 3 rings (SSSR count). The van der Waals surface area contributed by atoms with Crippen molar-refractivity contribution in [3.8, 4) is 5.75 Å². The van der Waals surface area contributed by atoms with E-state index in [-0.39, 0.29) is 36.6 Å². The lowest BCUT2D eigenvalue weighted by atomic mass is 9.81. The van der Waals surface area contributed by atoms with Crippen LogP contribution in [-0.4, -0.2) is 48.9 Å². The summed E-state index contributed by atoms with van der Waals surface area (Å²) in [6, 6.07) is 6.88. The normalized spacial score (nSPS) is 21.2. The first kappa shape index (κ1) is 19.9. The second kappa shape index (κ2) is 8.86. The first-order chi connectivity index (χ1) is 13.5. The molecule has 0 unspecified atom stereocenters. The molecular weight excluding hydrogens is 364 g/mol. The van der Waals surface area contributed by atoms with E-state index in [0.29, 0.717) is 11.4 Å². The predicted octanol–water partition coefficient (Wildman–Crippen LogP) is 1.74. The largest absolute Gasteiger partial charge is 0.495 e. The average molecular weight is 388 g/mol. The van der Waals surface area contributed by atoms with Crippen molar-refractivity contribution in [2.45, 2.75) is 32.1 Å². The highest BCUT2D eigenvalue weighted by atomic mass is 16.5. The first-order valence-corrected chi connectivity index (χ1v) is 9.45. The second-order valence-corrected chi connectivity index (χ2v) is 6.98. The molecule has 1 heterocycles. The molecule has 1 saturated carbocycles. The van der Waals surface area contributed by atoms with Crippen molar-refractivity contribution < 1.29 is 28.7 Å². The van der Waals surface area contributed by atoms with Crippen molar-refractivity contribution in [2.75, 3.05) is 25.6 Å². The van der Waals surface area contributed by atoms with Crippen LogP contribution in [0.25, 0.3) is 0 Å². The van der Waals surface area contributed by atoms with Crippen LogP contribution in [0.2, 0.25) is 0 Å². The highest BCUT2D eigenvalue weighted by molar-refractivity contribution is 6.05. The molecule has 2 fully saturated rings. The van der Waals surface area contributed by atoms with Crippen LogP contribution in [-0.2, 0) is 23.9 Å². The number of methoxy groups -OCH3 is 1. The maximum absolute atomic E-state index is 12.4. The predicted molar refractivity (Wildman–Crippen MR) is 99.4 cm³/mol. The third kappa shape index (κ3) is 4.32. The lowest BCUT2D eigenvalue weighted by molar-refractivity contribution is -0.148. The van der Waals surface area contributed by atoms with E-state index in [9.17, 15) is 19.2 Å². The van der Waals surface area contributed by atoms with Crippen molar-refractivity contribution in [1.29, 1.82) is 0 Å². The molecule has 0 spiro atoms. The van der Waals surface area contributed by atoms with E-state index in [0.717, 1.165) is 25.7 Å². The van der Waals surface area contributed by atoms with Gasteiger partial charge >= 0.3 is 5.97 Å². The number of nitrogens with one attached hydrogen (secondary N) is 1. The minimum Gasteiger partial charge on any atom is -0.495 e. The maximum Gasteiger partial charge on any atom is 0.308 e. The van der Waals surface area contributed by atoms with E-state index in [2.05, 4.69) is 5.32 Å². The average Bonchev–Trinajstić information content (AvgIpc) is 2.95. The number of anilines is 1. The monoisotopic (exact) mass is 388 g/mol. The molecule has 1 N–H and O–H groups in total. The molecule has 1 aliphatic heterocycles. The summed E-state index contributed by atoms with van der Waals surface area (Å²) in [5, 5.41) is 2.60. The molecule has 8 nitrogen and oxygen atoms in total. The zero-order valence-electron chi connectivity index (χ0n) is 15.8. The van der Waals surface area contributed by atoms with Gasteiger partial charge in [-0.15, -0.1) is 0 Å². The molecule has 28 heavy (non-hydrogen) atoms. The molecule has 2 aliphatic rings. The number of benzene rings is 1. The van der Waals surface area contributed by atoms with Gasteiger partial charge in [0.2, 0.25) is 11.8 Å². The lowest BCUT2D eigenvalue weighted by Crippen LogP contribution is -2.33. The van der Waals surface area contributed by atoms with Crippen LogP contribution >= 0.6 is 0 Å². The first-order valence-electron chi connectivity index (χ1n) is 9.45. The molecule has 1 aromatic rings. The number of rotatable bonds is 7. The number of nitrogens with zero attached hydrogens (tertiary/aromatic N) is 1. The summed E-state index contributed by atoms with van der Waals surface area (Å²) in [4.78, 5) is 49.8. The molecular formula is C20H24N2O6. The van der Waals surface area contributed by atoms with Crippen molar-refractivity contribution in [1.82, 2.24) is 4.90 Å². The van der Waals surface area contributed by atoms with Crippen LogP contribution < -0.4 is 10.1 Å². The molecule has 0 aromatic heterocycles. The highest BCUT2D eigenvalue weighted by Gasteiger charge is 2.47. The lowest BCUT2D eigenvalue weighted by Gasteiger charge is -2.19. The second-order valence-electron chi connectivity index (χ2n) is 6.98. The Balaban J connectivity index is 1.44. The standard InChI is InChI=1S/C20H24N2O6/c1-27-16-9-5-4-8-15(16)21-17(23)12-28-18(24)10-11-22-19(25)13-6-2-3-7-14(13)20(22)26/h4-5,8-9,13-14H,2-3,6-7,10-12H2,1H3,(H,21,23)/t13-,14-/m1/s1. The van der Waals surface area contributed by atoms with E-state index >= 15 is 0 Å². The number of hydrogen-bond donors (Lipinski definition) is 1. The van der Waals surface area contributed by atoms with Gasteiger partial charge in [0.1, 0.15) is 5.75 Å². The third-order valence-electron chi connectivity index (χ3n) is 5.22. The molecule has 1 aromatic carbocycles. The molecule has 3 amide bonds. The van der Waals surface area contributed by atoms with Crippen LogP contribution in [0.5, 0.6) is 5.75 Å². The Morgan fingerprint density at radius 1 is 1.11 bits per heavy atom. The molecule has 8 heteroatoms. The topological polar surface area (TPSA) is 102 Å². The number of likely N-dealkylation sites (tertiary alicyclic amines) is 1. The van der Waals surface area contributed by atoms with Crippen molar-refractivity contribution in [3.63, 3.8) is 0 Å². The smallest absolute Gasteiger partial charge is 0.308 e. The quantitative estimate of drug-likeness (QED) is 0.564. The summed E-state index contributed by atoms with van der Waals surface area (Å²) in [5.41, 5.74) is 0.474. The van der Waals surface area contributed by atoms with Gasteiger partial charge in [-0.1, -0.05) is 25.0 Å². The van der Waals surface area contributed by atoms with Gasteiger partial charge in [-0.25, -0.2) is 0 Å². The van der Waals surface area contributed by atoms with Crippen molar-refractivity contribution in [3.05, 3.63) is 24.3 Å².